The number of aromatic nitrogens is 1. The molecule has 0 bridgehead atoms. The maximum absolute atomic E-state index is 13.2. The van der Waals surface area contributed by atoms with Gasteiger partial charge >= 0.3 is 6.18 Å². The van der Waals surface area contributed by atoms with Crippen LogP contribution in [-0.4, -0.2) is 15.6 Å². The van der Waals surface area contributed by atoms with E-state index in [-0.39, 0.29) is 11.6 Å². The second-order valence-electron chi connectivity index (χ2n) is 5.55. The first-order valence-electron chi connectivity index (χ1n) is 7.66. The molecule has 1 aromatic carbocycles. The van der Waals surface area contributed by atoms with Crippen molar-refractivity contribution in [2.45, 2.75) is 19.6 Å². The molecule has 5 nitrogen and oxygen atoms in total. The van der Waals surface area contributed by atoms with Gasteiger partial charge in [0.1, 0.15) is 5.56 Å². The van der Waals surface area contributed by atoms with Crippen molar-refractivity contribution in [1.82, 2.24) is 4.57 Å². The Balaban J connectivity index is 2.13. The topological polar surface area (TPSA) is 71.3 Å². The number of thiophene rings is 1. The van der Waals surface area contributed by atoms with E-state index < -0.39 is 40.2 Å². The molecule has 0 atom stereocenters. The van der Waals surface area contributed by atoms with Crippen molar-refractivity contribution in [3.8, 4) is 5.75 Å². The maximum atomic E-state index is 13.2. The average Bonchev–Trinajstić information content (AvgIpc) is 3.06. The monoisotopic (exact) mass is 416 g/mol. The van der Waals surface area contributed by atoms with Crippen molar-refractivity contribution < 1.29 is 23.1 Å². The van der Waals surface area contributed by atoms with E-state index in [1.54, 1.807) is 18.4 Å². The molecule has 1 amide bonds. The number of amides is 1. The van der Waals surface area contributed by atoms with Crippen LogP contribution in [0.2, 0.25) is 5.02 Å². The molecule has 0 aliphatic carbocycles. The van der Waals surface area contributed by atoms with Gasteiger partial charge in [0, 0.05) is 11.6 Å². The van der Waals surface area contributed by atoms with Crippen LogP contribution in [0.1, 0.15) is 22.8 Å². The Kier molecular flexibility index (Phi) is 4.92. The number of nitrogens with one attached hydrogen (secondary N) is 1. The van der Waals surface area contributed by atoms with Crippen LogP contribution in [0.25, 0.3) is 10.2 Å². The van der Waals surface area contributed by atoms with E-state index in [1.165, 1.54) is 10.6 Å². The van der Waals surface area contributed by atoms with Crippen LogP contribution in [0.15, 0.2) is 34.4 Å². The lowest BCUT2D eigenvalue weighted by Gasteiger charge is -2.15. The zero-order chi connectivity index (χ0) is 19.9. The summed E-state index contributed by atoms with van der Waals surface area (Å²) in [5, 5.41) is 13.9. The summed E-state index contributed by atoms with van der Waals surface area (Å²) in [6, 6.07) is 4.46. The first-order valence-corrected chi connectivity index (χ1v) is 8.92. The van der Waals surface area contributed by atoms with Crippen molar-refractivity contribution in [2.75, 3.05) is 5.32 Å². The number of halogens is 4. The lowest BCUT2D eigenvalue weighted by molar-refractivity contribution is -0.136. The Labute approximate surface area is 159 Å². The van der Waals surface area contributed by atoms with Crippen molar-refractivity contribution >= 4 is 44.7 Å². The molecule has 0 spiro atoms. The minimum Gasteiger partial charge on any atom is -0.505 e. The van der Waals surface area contributed by atoms with Crippen molar-refractivity contribution in [3.63, 3.8) is 0 Å². The molecule has 0 radical (unpaired) electrons. The molecule has 3 aromatic rings. The van der Waals surface area contributed by atoms with E-state index in [4.69, 9.17) is 11.6 Å². The number of rotatable bonds is 3. The first kappa shape index (κ1) is 19.2. The largest absolute Gasteiger partial charge is 0.505 e. The van der Waals surface area contributed by atoms with Crippen LogP contribution in [-0.2, 0) is 12.7 Å². The van der Waals surface area contributed by atoms with E-state index in [2.05, 4.69) is 5.32 Å². The number of alkyl halides is 3. The van der Waals surface area contributed by atoms with E-state index in [1.807, 2.05) is 0 Å². The molecule has 0 saturated carbocycles. The number of hydrogen-bond acceptors (Lipinski definition) is 4. The minimum absolute atomic E-state index is 0.156. The summed E-state index contributed by atoms with van der Waals surface area (Å²) < 4.78 is 41.2. The van der Waals surface area contributed by atoms with E-state index in [0.29, 0.717) is 16.3 Å². The van der Waals surface area contributed by atoms with Crippen molar-refractivity contribution in [3.05, 3.63) is 56.1 Å². The van der Waals surface area contributed by atoms with Gasteiger partial charge in [0.15, 0.2) is 5.75 Å². The SMILES string of the molecule is CCn1c(=O)c(C(=O)Nc2ccc(Cl)cc2C(F)(F)F)c(O)c2sccc21. The third-order valence-electron chi connectivity index (χ3n) is 3.92. The highest BCUT2D eigenvalue weighted by Crippen LogP contribution is 2.37. The van der Waals surface area contributed by atoms with Crippen molar-refractivity contribution in [1.29, 1.82) is 0 Å². The molecule has 2 heterocycles. The minimum atomic E-state index is -4.77. The van der Waals surface area contributed by atoms with Crippen LogP contribution >= 0.6 is 22.9 Å². The molecule has 10 heteroatoms. The maximum Gasteiger partial charge on any atom is 0.418 e. The second kappa shape index (κ2) is 6.90. The lowest BCUT2D eigenvalue weighted by atomic mass is 10.1. The van der Waals surface area contributed by atoms with Gasteiger partial charge in [-0.3, -0.25) is 9.59 Å². The highest BCUT2D eigenvalue weighted by atomic mass is 35.5. The van der Waals surface area contributed by atoms with Gasteiger partial charge < -0.3 is 15.0 Å². The smallest absolute Gasteiger partial charge is 0.418 e. The Morgan fingerprint density at radius 1 is 1.33 bits per heavy atom. The van der Waals surface area contributed by atoms with Gasteiger partial charge in [-0.25, -0.2) is 0 Å². The molecule has 142 valence electrons. The first-order chi connectivity index (χ1) is 12.6. The summed E-state index contributed by atoms with van der Waals surface area (Å²) in [4.78, 5) is 25.2. The zero-order valence-corrected chi connectivity index (χ0v) is 15.3. The summed E-state index contributed by atoms with van der Waals surface area (Å²) in [6.45, 7) is 1.90. The van der Waals surface area contributed by atoms with Crippen molar-refractivity contribution in [2.24, 2.45) is 0 Å². The summed E-state index contributed by atoms with van der Waals surface area (Å²) in [6.07, 6.45) is -4.77. The number of hydrogen-bond donors (Lipinski definition) is 2. The standard InChI is InChI=1S/C17H12ClF3N2O3S/c1-2-23-11-5-6-27-14(11)13(24)12(16(23)26)15(25)22-10-4-3-8(18)7-9(10)17(19,20)21/h3-7,24H,2H2,1H3,(H,22,25). The lowest BCUT2D eigenvalue weighted by Crippen LogP contribution is -2.29. The normalized spacial score (nSPS) is 11.7. The molecule has 2 aromatic heterocycles. The van der Waals surface area contributed by atoms with Gasteiger partial charge in [0.2, 0.25) is 0 Å². The fraction of sp³-hybridized carbons (Fsp3) is 0.176. The highest BCUT2D eigenvalue weighted by Gasteiger charge is 2.35. The van der Waals surface area contributed by atoms with Gasteiger partial charge in [0.05, 0.1) is 21.5 Å². The van der Waals surface area contributed by atoms with Gasteiger partial charge in [-0.15, -0.1) is 11.3 Å². The highest BCUT2D eigenvalue weighted by molar-refractivity contribution is 7.17. The Hall–Kier alpha value is -2.52. The predicted octanol–water partition coefficient (Wildman–Crippen LogP) is 4.71. The number of anilines is 1. The van der Waals surface area contributed by atoms with Crippen LogP contribution in [0.4, 0.5) is 18.9 Å². The van der Waals surface area contributed by atoms with Gasteiger partial charge in [-0.2, -0.15) is 13.2 Å². The average molecular weight is 417 g/mol. The van der Waals surface area contributed by atoms with Crippen LogP contribution < -0.4 is 10.9 Å². The fourth-order valence-corrected chi connectivity index (χ4v) is 3.73. The number of aryl methyl sites for hydroxylation is 1. The summed E-state index contributed by atoms with van der Waals surface area (Å²) in [5.41, 5.74) is -2.68. The number of pyridine rings is 1. The molecule has 0 unspecified atom stereocenters. The summed E-state index contributed by atoms with van der Waals surface area (Å²) in [7, 11) is 0. The van der Waals surface area contributed by atoms with E-state index >= 15 is 0 Å². The molecule has 0 aliphatic rings. The summed E-state index contributed by atoms with van der Waals surface area (Å²) in [5.74, 6) is -1.70. The molecule has 0 saturated heterocycles. The number of nitrogens with zero attached hydrogens (tertiary/aromatic N) is 1. The number of aromatic hydroxyl groups is 1. The Bertz CT molecular complexity index is 1110. The van der Waals surface area contributed by atoms with Gasteiger partial charge in [-0.1, -0.05) is 11.6 Å². The van der Waals surface area contributed by atoms with E-state index in [0.717, 1.165) is 17.4 Å². The molecule has 0 aliphatic heterocycles. The molecule has 3 rings (SSSR count). The van der Waals surface area contributed by atoms with Gasteiger partial charge in [-0.05, 0) is 36.6 Å². The van der Waals surface area contributed by atoms with Crippen LogP contribution in [0.3, 0.4) is 0 Å². The van der Waals surface area contributed by atoms with Gasteiger partial charge in [0.25, 0.3) is 11.5 Å². The Morgan fingerprint density at radius 3 is 2.67 bits per heavy atom. The fourth-order valence-electron chi connectivity index (χ4n) is 2.71. The number of fused-ring (bicyclic) bond motifs is 1. The van der Waals surface area contributed by atoms with Crippen LogP contribution in [0.5, 0.6) is 5.75 Å². The molecular formula is C17H12ClF3N2O3S. The predicted molar refractivity (Wildman–Crippen MR) is 97.8 cm³/mol. The zero-order valence-electron chi connectivity index (χ0n) is 13.7. The third kappa shape index (κ3) is 3.40. The van der Waals surface area contributed by atoms with E-state index in [9.17, 15) is 27.9 Å². The third-order valence-corrected chi connectivity index (χ3v) is 5.07. The summed E-state index contributed by atoms with van der Waals surface area (Å²) >= 11 is 6.73. The molecular weight excluding hydrogens is 405 g/mol. The van der Waals surface area contributed by atoms with Crippen LogP contribution in [0, 0.1) is 0 Å². The number of carbonyl (C=O) groups excluding carboxylic acids is 1. The molecule has 27 heavy (non-hydrogen) atoms. The molecule has 2 N–H and O–H groups in total. The number of carbonyl (C=O) groups is 1. The molecule has 0 fully saturated rings. The second-order valence-corrected chi connectivity index (χ2v) is 6.90. The number of benzene rings is 1. The Morgan fingerprint density at radius 2 is 2.04 bits per heavy atom. The quantitative estimate of drug-likeness (QED) is 0.649.